The number of fused-ring (bicyclic) bond motifs is 1. The zero-order valence-electron chi connectivity index (χ0n) is 15.2. The average Bonchev–Trinajstić information content (AvgIpc) is 3.31. The minimum atomic E-state index is -4.15. The fraction of sp³-hybridized carbons (Fsp3) is 0.222. The third-order valence-electron chi connectivity index (χ3n) is 4.56. The Morgan fingerprint density at radius 2 is 2.07 bits per heavy atom. The van der Waals surface area contributed by atoms with Gasteiger partial charge in [0.15, 0.2) is 11.6 Å². The van der Waals surface area contributed by atoms with E-state index in [2.05, 4.69) is 15.0 Å². The van der Waals surface area contributed by atoms with Crippen molar-refractivity contribution in [2.75, 3.05) is 17.8 Å². The number of hydrogen-bond acceptors (Lipinski definition) is 6. The van der Waals surface area contributed by atoms with Gasteiger partial charge in [-0.05, 0) is 36.8 Å². The van der Waals surface area contributed by atoms with Gasteiger partial charge in [-0.1, -0.05) is 0 Å². The number of anilines is 1. The van der Waals surface area contributed by atoms with Crippen molar-refractivity contribution in [1.29, 1.82) is 5.26 Å². The van der Waals surface area contributed by atoms with Crippen molar-refractivity contribution in [3.8, 4) is 17.6 Å². The Morgan fingerprint density at radius 1 is 1.27 bits per heavy atom. The molecular formula is C18H13F2N5O4S. The molecule has 0 spiro atoms. The molecule has 2 aliphatic rings. The number of carbonyl (C=O) groups is 1. The van der Waals surface area contributed by atoms with Gasteiger partial charge in [0.2, 0.25) is 0 Å². The minimum absolute atomic E-state index is 0.0117. The maximum Gasteiger partial charge on any atom is 0.301 e. The lowest BCUT2D eigenvalue weighted by Crippen LogP contribution is -2.34. The minimum Gasteiger partial charge on any atom is -0.453 e. The Morgan fingerprint density at radius 3 is 2.77 bits per heavy atom. The molecule has 1 saturated heterocycles. The third kappa shape index (κ3) is 3.60. The number of hydrogen-bond donors (Lipinski definition) is 1. The summed E-state index contributed by atoms with van der Waals surface area (Å²) < 4.78 is 61.3. The molecule has 1 amide bonds. The first kappa shape index (κ1) is 19.9. The molecule has 154 valence electrons. The van der Waals surface area contributed by atoms with Crippen LogP contribution in [0.3, 0.4) is 0 Å². The highest BCUT2D eigenvalue weighted by molar-refractivity contribution is 7.90. The fourth-order valence-corrected chi connectivity index (χ4v) is 4.35. The first-order chi connectivity index (χ1) is 14.3. The van der Waals surface area contributed by atoms with Gasteiger partial charge < -0.3 is 4.74 Å². The summed E-state index contributed by atoms with van der Waals surface area (Å²) in [6, 6.07) is 7.86. The van der Waals surface area contributed by atoms with Crippen LogP contribution in [0, 0.1) is 17.1 Å². The van der Waals surface area contributed by atoms with Crippen molar-refractivity contribution in [1.82, 2.24) is 4.31 Å². The molecule has 2 heterocycles. The van der Waals surface area contributed by atoms with Gasteiger partial charge in [0.25, 0.3) is 5.91 Å². The van der Waals surface area contributed by atoms with Gasteiger partial charge >= 0.3 is 10.2 Å². The van der Waals surface area contributed by atoms with E-state index in [4.69, 9.17) is 4.74 Å². The van der Waals surface area contributed by atoms with E-state index in [-0.39, 0.29) is 36.5 Å². The summed E-state index contributed by atoms with van der Waals surface area (Å²) in [6.07, 6.45) is -1.20. The van der Waals surface area contributed by atoms with Crippen LogP contribution in [-0.4, -0.2) is 37.9 Å². The number of carbonyl (C=O) groups excluding carboxylic acids is 1. The quantitative estimate of drug-likeness (QED) is 0.774. The number of ether oxygens (including phenoxy) is 1. The molecule has 0 aromatic heterocycles. The van der Waals surface area contributed by atoms with Crippen LogP contribution in [0.4, 0.5) is 20.2 Å². The number of nitriles is 1. The summed E-state index contributed by atoms with van der Waals surface area (Å²) in [5, 5.41) is 16.6. The summed E-state index contributed by atoms with van der Waals surface area (Å²) in [6.45, 7) is -0.316. The Balaban J connectivity index is 1.66. The van der Waals surface area contributed by atoms with Crippen LogP contribution in [-0.2, 0) is 10.2 Å². The Hall–Kier alpha value is -3.43. The molecule has 0 aliphatic carbocycles. The van der Waals surface area contributed by atoms with Crippen LogP contribution in [0.1, 0.15) is 22.3 Å². The first-order valence-corrected chi connectivity index (χ1v) is 10.1. The first-order valence-electron chi connectivity index (χ1n) is 8.71. The molecule has 0 bridgehead atoms. The van der Waals surface area contributed by atoms with Crippen LogP contribution in [0.15, 0.2) is 40.6 Å². The highest BCUT2D eigenvalue weighted by Crippen LogP contribution is 2.36. The van der Waals surface area contributed by atoms with Gasteiger partial charge in [-0.25, -0.2) is 8.78 Å². The summed E-state index contributed by atoms with van der Waals surface area (Å²) in [4.78, 5) is 11.7. The zero-order valence-corrected chi connectivity index (χ0v) is 16.0. The smallest absolute Gasteiger partial charge is 0.301 e. The number of alkyl halides is 1. The predicted octanol–water partition coefficient (Wildman–Crippen LogP) is 3.43. The lowest BCUT2D eigenvalue weighted by molar-refractivity contribution is 0.100. The van der Waals surface area contributed by atoms with Gasteiger partial charge in [-0.15, -0.1) is 10.2 Å². The lowest BCUT2D eigenvalue weighted by Gasteiger charge is -2.18. The summed E-state index contributed by atoms with van der Waals surface area (Å²) in [7, 11) is -4.15. The van der Waals surface area contributed by atoms with Crippen molar-refractivity contribution in [2.45, 2.75) is 12.6 Å². The number of nitrogens with one attached hydrogen (secondary N) is 1. The maximum absolute atomic E-state index is 14.4. The Labute approximate surface area is 169 Å². The van der Waals surface area contributed by atoms with Crippen molar-refractivity contribution in [3.63, 3.8) is 0 Å². The van der Waals surface area contributed by atoms with Crippen molar-refractivity contribution in [2.24, 2.45) is 10.2 Å². The number of nitrogens with zero attached hydrogens (tertiary/aromatic N) is 4. The molecule has 0 unspecified atom stereocenters. The molecule has 2 aliphatic heterocycles. The van der Waals surface area contributed by atoms with E-state index in [0.29, 0.717) is 5.69 Å². The van der Waals surface area contributed by atoms with E-state index in [1.807, 2.05) is 0 Å². The van der Waals surface area contributed by atoms with Crippen LogP contribution in [0.25, 0.3) is 0 Å². The van der Waals surface area contributed by atoms with Gasteiger partial charge in [0.1, 0.15) is 23.6 Å². The highest BCUT2D eigenvalue weighted by Gasteiger charge is 2.32. The van der Waals surface area contributed by atoms with Crippen molar-refractivity contribution < 1.29 is 26.7 Å². The molecule has 1 N–H and O–H groups in total. The lowest BCUT2D eigenvalue weighted by atomic mass is 10.1. The van der Waals surface area contributed by atoms with Crippen LogP contribution in [0.2, 0.25) is 0 Å². The largest absolute Gasteiger partial charge is 0.453 e. The second-order valence-corrected chi connectivity index (χ2v) is 8.22. The molecule has 0 saturated carbocycles. The fourth-order valence-electron chi connectivity index (χ4n) is 3.07. The summed E-state index contributed by atoms with van der Waals surface area (Å²) in [5.74, 6) is -2.00. The van der Waals surface area contributed by atoms with E-state index in [1.165, 1.54) is 18.2 Å². The van der Waals surface area contributed by atoms with Gasteiger partial charge in [-0.2, -0.15) is 18.0 Å². The van der Waals surface area contributed by atoms with Crippen LogP contribution >= 0.6 is 0 Å². The van der Waals surface area contributed by atoms with Gasteiger partial charge in [0.05, 0.1) is 16.9 Å². The molecule has 1 atom stereocenters. The maximum atomic E-state index is 14.4. The number of halogens is 2. The number of azo groups is 1. The number of amides is 1. The van der Waals surface area contributed by atoms with E-state index >= 15 is 0 Å². The third-order valence-corrected chi connectivity index (χ3v) is 6.05. The van der Waals surface area contributed by atoms with E-state index < -0.39 is 39.4 Å². The normalized spacial score (nSPS) is 18.3. The number of benzene rings is 2. The van der Waals surface area contributed by atoms with Gasteiger partial charge in [0, 0.05) is 13.1 Å². The second kappa shape index (κ2) is 7.43. The molecular weight excluding hydrogens is 420 g/mol. The molecule has 1 fully saturated rings. The van der Waals surface area contributed by atoms with E-state index in [1.54, 1.807) is 6.07 Å². The van der Waals surface area contributed by atoms with E-state index in [9.17, 15) is 27.3 Å². The monoisotopic (exact) mass is 433 g/mol. The number of rotatable bonds is 5. The molecule has 2 aromatic rings. The molecule has 4 rings (SSSR count). The molecule has 0 radical (unpaired) electrons. The topological polar surface area (TPSA) is 124 Å². The molecule has 9 nitrogen and oxygen atoms in total. The molecule has 30 heavy (non-hydrogen) atoms. The Kier molecular flexibility index (Phi) is 4.92. The molecule has 12 heteroatoms. The highest BCUT2D eigenvalue weighted by atomic mass is 32.2. The van der Waals surface area contributed by atoms with E-state index in [0.717, 1.165) is 16.4 Å². The SMILES string of the molecule is N#Cc1c(NS(=O)(=O)N2CC[C@@H](F)C2)ccc(F)c1Oc1ccc2c(c1)C(=O)N=N2. The van der Waals surface area contributed by atoms with Crippen molar-refractivity contribution >= 4 is 27.5 Å². The zero-order chi connectivity index (χ0) is 21.5. The van der Waals surface area contributed by atoms with Crippen LogP contribution in [0.5, 0.6) is 11.5 Å². The van der Waals surface area contributed by atoms with Crippen LogP contribution < -0.4 is 9.46 Å². The van der Waals surface area contributed by atoms with Gasteiger partial charge in [-0.3, -0.25) is 9.52 Å². The standard InChI is InChI=1S/C18H13F2N5O4S/c19-10-5-6-25(9-10)30(27,28)24-16-4-2-14(20)17(13(16)8-21)29-11-1-3-15-12(7-11)18(26)23-22-15/h1-4,7,10,24H,5-6,9H2/t10-/m1/s1. The summed E-state index contributed by atoms with van der Waals surface area (Å²) in [5.41, 5.74) is -0.154. The second-order valence-electron chi connectivity index (χ2n) is 6.55. The predicted molar refractivity (Wildman–Crippen MR) is 100 cm³/mol. The van der Waals surface area contributed by atoms with Crippen molar-refractivity contribution in [3.05, 3.63) is 47.3 Å². The molecule has 2 aromatic carbocycles. The Bertz CT molecular complexity index is 1230. The summed E-state index contributed by atoms with van der Waals surface area (Å²) >= 11 is 0. The average molecular weight is 433 g/mol.